The first-order chi connectivity index (χ1) is 10.1. The van der Waals surface area contributed by atoms with E-state index in [0.717, 1.165) is 28.5 Å². The molecule has 0 aliphatic heterocycles. The molecule has 2 aromatic carbocycles. The van der Waals surface area contributed by atoms with Crippen molar-refractivity contribution >= 4 is 12.0 Å². The lowest BCUT2D eigenvalue weighted by Gasteiger charge is -2.12. The predicted octanol–water partition coefficient (Wildman–Crippen LogP) is 3.98. The first kappa shape index (κ1) is 14.9. The van der Waals surface area contributed by atoms with E-state index in [0.29, 0.717) is 6.61 Å². The molecule has 0 aromatic heterocycles. The first-order valence-corrected chi connectivity index (χ1v) is 6.75. The third kappa shape index (κ3) is 4.21. The fourth-order valence-electron chi connectivity index (χ4n) is 2.00. The molecule has 0 heterocycles. The Hall–Kier alpha value is -2.55. The van der Waals surface area contributed by atoms with Crippen molar-refractivity contribution in [3.05, 3.63) is 70.8 Å². The summed E-state index contributed by atoms with van der Waals surface area (Å²) in [5, 5.41) is 8.74. The molecule has 21 heavy (non-hydrogen) atoms. The lowest BCUT2D eigenvalue weighted by Crippen LogP contribution is -1.99. The molecule has 0 atom stereocenters. The molecule has 2 rings (SSSR count). The highest BCUT2D eigenvalue weighted by Crippen LogP contribution is 2.25. The molecule has 0 fully saturated rings. The van der Waals surface area contributed by atoms with Crippen molar-refractivity contribution in [2.75, 3.05) is 0 Å². The fraction of sp³-hybridized carbons (Fsp3) is 0.167. The lowest BCUT2D eigenvalue weighted by atomic mass is 10.1. The van der Waals surface area contributed by atoms with Crippen molar-refractivity contribution in [2.24, 2.45) is 0 Å². The summed E-state index contributed by atoms with van der Waals surface area (Å²) in [5.74, 6) is -0.253. The Morgan fingerprint density at radius 2 is 1.86 bits per heavy atom. The monoisotopic (exact) mass is 282 g/mol. The van der Waals surface area contributed by atoms with Crippen LogP contribution >= 0.6 is 0 Å². The number of carboxylic acid groups (broad SMARTS) is 1. The van der Waals surface area contributed by atoms with Gasteiger partial charge in [0.1, 0.15) is 12.4 Å². The summed E-state index contributed by atoms with van der Waals surface area (Å²) >= 11 is 0. The number of para-hydroxylation sites is 1. The minimum absolute atomic E-state index is 0.457. The molecule has 0 saturated heterocycles. The summed E-state index contributed by atoms with van der Waals surface area (Å²) in [6.45, 7) is 4.45. The number of carboxylic acids is 1. The van der Waals surface area contributed by atoms with Crippen molar-refractivity contribution in [2.45, 2.75) is 20.5 Å². The number of hydrogen-bond donors (Lipinski definition) is 1. The Labute approximate surface area is 124 Å². The average Bonchev–Trinajstić information content (AvgIpc) is 2.46. The van der Waals surface area contributed by atoms with Gasteiger partial charge in [-0.3, -0.25) is 0 Å². The summed E-state index contributed by atoms with van der Waals surface area (Å²) in [6, 6.07) is 13.8. The molecule has 0 radical (unpaired) electrons. The van der Waals surface area contributed by atoms with E-state index in [1.54, 1.807) is 6.08 Å². The van der Waals surface area contributed by atoms with Crippen molar-refractivity contribution in [1.29, 1.82) is 0 Å². The summed E-state index contributed by atoms with van der Waals surface area (Å²) in [5.41, 5.74) is 4.04. The summed E-state index contributed by atoms with van der Waals surface area (Å²) in [7, 11) is 0. The third-order valence-electron chi connectivity index (χ3n) is 3.15. The molecule has 108 valence electrons. The smallest absolute Gasteiger partial charge is 0.328 e. The van der Waals surface area contributed by atoms with Crippen LogP contribution in [0.3, 0.4) is 0 Å². The summed E-state index contributed by atoms with van der Waals surface area (Å²) < 4.78 is 5.88. The van der Waals surface area contributed by atoms with Gasteiger partial charge in [0.15, 0.2) is 0 Å². The second kappa shape index (κ2) is 6.75. The van der Waals surface area contributed by atoms with Crippen LogP contribution in [0.5, 0.6) is 5.75 Å². The van der Waals surface area contributed by atoms with Gasteiger partial charge >= 0.3 is 5.97 Å². The van der Waals surface area contributed by atoms with Crippen LogP contribution in [0.15, 0.2) is 48.5 Å². The molecule has 3 heteroatoms. The molecule has 1 N–H and O–H groups in total. The zero-order valence-corrected chi connectivity index (χ0v) is 12.2. The van der Waals surface area contributed by atoms with Gasteiger partial charge in [-0.1, -0.05) is 48.0 Å². The van der Waals surface area contributed by atoms with Crippen LogP contribution in [0.1, 0.15) is 22.3 Å². The van der Waals surface area contributed by atoms with Gasteiger partial charge in [0.25, 0.3) is 0 Å². The van der Waals surface area contributed by atoms with Crippen LogP contribution < -0.4 is 4.74 Å². The lowest BCUT2D eigenvalue weighted by molar-refractivity contribution is -0.131. The number of hydrogen-bond acceptors (Lipinski definition) is 2. The van der Waals surface area contributed by atoms with Gasteiger partial charge in [0.05, 0.1) is 0 Å². The topological polar surface area (TPSA) is 46.5 Å². The Bertz CT molecular complexity index is 655. The zero-order chi connectivity index (χ0) is 15.2. The number of benzene rings is 2. The molecule has 0 aliphatic carbocycles. The largest absolute Gasteiger partial charge is 0.488 e. The van der Waals surface area contributed by atoms with Gasteiger partial charge in [-0.15, -0.1) is 0 Å². The van der Waals surface area contributed by atoms with E-state index >= 15 is 0 Å². The van der Waals surface area contributed by atoms with Gasteiger partial charge in [0.2, 0.25) is 0 Å². The van der Waals surface area contributed by atoms with Crippen molar-refractivity contribution in [3.8, 4) is 5.75 Å². The first-order valence-electron chi connectivity index (χ1n) is 6.75. The number of rotatable bonds is 5. The van der Waals surface area contributed by atoms with Crippen molar-refractivity contribution < 1.29 is 14.6 Å². The molecule has 0 saturated carbocycles. The van der Waals surface area contributed by atoms with Crippen LogP contribution in [0.4, 0.5) is 0 Å². The van der Waals surface area contributed by atoms with E-state index in [9.17, 15) is 4.79 Å². The highest BCUT2D eigenvalue weighted by molar-refractivity contribution is 5.86. The Kier molecular flexibility index (Phi) is 4.77. The van der Waals surface area contributed by atoms with E-state index in [1.807, 2.05) is 56.3 Å². The molecule has 3 nitrogen and oxygen atoms in total. The van der Waals surface area contributed by atoms with Crippen LogP contribution in [-0.2, 0) is 11.4 Å². The fourth-order valence-corrected chi connectivity index (χ4v) is 2.00. The molecule has 0 aliphatic rings. The standard InChI is InChI=1S/C18H18O3/c1-13-6-8-15(9-7-13)12-21-18-14(2)4-3-5-16(18)10-11-17(19)20/h3-11H,12H2,1-2H3,(H,19,20)/b11-10+. The maximum atomic E-state index is 10.7. The highest BCUT2D eigenvalue weighted by Gasteiger charge is 2.05. The second-order valence-corrected chi connectivity index (χ2v) is 4.94. The van der Waals surface area contributed by atoms with Gasteiger partial charge in [-0.05, 0) is 31.1 Å². The normalized spacial score (nSPS) is 10.8. The van der Waals surface area contributed by atoms with E-state index in [-0.39, 0.29) is 0 Å². The zero-order valence-electron chi connectivity index (χ0n) is 12.2. The number of carbonyl (C=O) groups is 1. The quantitative estimate of drug-likeness (QED) is 0.844. The molecular weight excluding hydrogens is 264 g/mol. The average molecular weight is 282 g/mol. The maximum absolute atomic E-state index is 10.7. The number of aliphatic carboxylic acids is 1. The Balaban J connectivity index is 2.18. The van der Waals surface area contributed by atoms with Crippen molar-refractivity contribution in [1.82, 2.24) is 0 Å². The van der Waals surface area contributed by atoms with E-state index in [2.05, 4.69) is 0 Å². The van der Waals surface area contributed by atoms with Crippen LogP contribution in [0.25, 0.3) is 6.08 Å². The highest BCUT2D eigenvalue weighted by atomic mass is 16.5. The molecular formula is C18H18O3. The van der Waals surface area contributed by atoms with Gasteiger partial charge < -0.3 is 9.84 Å². The molecule has 0 bridgehead atoms. The minimum Gasteiger partial charge on any atom is -0.488 e. The van der Waals surface area contributed by atoms with E-state index in [1.165, 1.54) is 5.56 Å². The summed E-state index contributed by atoms with van der Waals surface area (Å²) in [4.78, 5) is 10.7. The Morgan fingerprint density at radius 3 is 2.52 bits per heavy atom. The molecule has 0 unspecified atom stereocenters. The van der Waals surface area contributed by atoms with Gasteiger partial charge in [0, 0.05) is 11.6 Å². The van der Waals surface area contributed by atoms with Gasteiger partial charge in [-0.25, -0.2) is 4.79 Å². The Morgan fingerprint density at radius 1 is 1.14 bits per heavy atom. The second-order valence-electron chi connectivity index (χ2n) is 4.94. The maximum Gasteiger partial charge on any atom is 0.328 e. The third-order valence-corrected chi connectivity index (χ3v) is 3.15. The predicted molar refractivity (Wildman–Crippen MR) is 83.4 cm³/mol. The van der Waals surface area contributed by atoms with E-state index < -0.39 is 5.97 Å². The SMILES string of the molecule is Cc1ccc(COc2c(C)cccc2/C=C/C(=O)O)cc1. The van der Waals surface area contributed by atoms with Crippen LogP contribution in [0.2, 0.25) is 0 Å². The minimum atomic E-state index is -0.971. The van der Waals surface area contributed by atoms with E-state index in [4.69, 9.17) is 9.84 Å². The molecule has 2 aromatic rings. The molecule has 0 amide bonds. The number of ether oxygens (including phenoxy) is 1. The van der Waals surface area contributed by atoms with Gasteiger partial charge in [-0.2, -0.15) is 0 Å². The van der Waals surface area contributed by atoms with Crippen LogP contribution in [-0.4, -0.2) is 11.1 Å². The summed E-state index contributed by atoms with van der Waals surface area (Å²) in [6.07, 6.45) is 2.67. The molecule has 0 spiro atoms. The number of aryl methyl sites for hydroxylation is 2. The van der Waals surface area contributed by atoms with Crippen LogP contribution in [0, 0.1) is 13.8 Å². The van der Waals surface area contributed by atoms with Crippen molar-refractivity contribution in [3.63, 3.8) is 0 Å².